The number of carbonyl (C=O) groups is 1. The summed E-state index contributed by atoms with van der Waals surface area (Å²) in [6.07, 6.45) is 2.75. The number of nitro groups is 1. The lowest BCUT2D eigenvalue weighted by atomic mass is 9.98. The molecule has 1 aromatic heterocycles. The molecule has 9 heteroatoms. The molecule has 0 spiro atoms. The van der Waals surface area contributed by atoms with Crippen LogP contribution in [0.15, 0.2) is 36.7 Å². The maximum atomic E-state index is 12.1. The third-order valence-corrected chi connectivity index (χ3v) is 4.77. The van der Waals surface area contributed by atoms with E-state index in [0.717, 1.165) is 12.1 Å². The van der Waals surface area contributed by atoms with Gasteiger partial charge in [0.1, 0.15) is 6.33 Å². The molecular formula is C19H23N5O4. The lowest BCUT2D eigenvalue weighted by molar-refractivity contribution is -0.383. The average Bonchev–Trinajstić information content (AvgIpc) is 2.73. The lowest BCUT2D eigenvalue weighted by Gasteiger charge is -2.32. The Morgan fingerprint density at radius 3 is 2.79 bits per heavy atom. The SMILES string of the molecule is CCOC(=O)C1CCCN(c2ncnc(N(C)c3ccccc3)c2[N+](=O)[O-])C1. The average molecular weight is 385 g/mol. The molecule has 1 unspecified atom stereocenters. The fourth-order valence-electron chi connectivity index (χ4n) is 3.40. The number of ether oxygens (including phenoxy) is 1. The Kier molecular flexibility index (Phi) is 6.03. The van der Waals surface area contributed by atoms with Gasteiger partial charge in [-0.1, -0.05) is 18.2 Å². The van der Waals surface area contributed by atoms with Crippen molar-refractivity contribution in [2.24, 2.45) is 5.92 Å². The molecule has 0 saturated carbocycles. The molecule has 1 aliphatic heterocycles. The molecule has 0 bridgehead atoms. The van der Waals surface area contributed by atoms with Crippen LogP contribution >= 0.6 is 0 Å². The molecule has 1 fully saturated rings. The number of para-hydroxylation sites is 1. The first-order valence-corrected chi connectivity index (χ1v) is 9.22. The number of aromatic nitrogens is 2. The number of nitrogens with zero attached hydrogens (tertiary/aromatic N) is 5. The maximum absolute atomic E-state index is 12.1. The van der Waals surface area contributed by atoms with Crippen molar-refractivity contribution in [3.8, 4) is 0 Å². The van der Waals surface area contributed by atoms with Crippen molar-refractivity contribution in [3.63, 3.8) is 0 Å². The molecule has 3 rings (SSSR count). The van der Waals surface area contributed by atoms with Crippen LogP contribution in [0.5, 0.6) is 0 Å². The number of piperidine rings is 1. The number of carbonyl (C=O) groups excluding carboxylic acids is 1. The molecule has 28 heavy (non-hydrogen) atoms. The van der Waals surface area contributed by atoms with Crippen LogP contribution in [0.4, 0.5) is 23.0 Å². The standard InChI is InChI=1S/C19H23N5O4/c1-3-28-19(25)14-8-7-11-23(12-14)18-16(24(26)27)17(20-13-21-18)22(2)15-9-5-4-6-10-15/h4-6,9-10,13-14H,3,7-8,11-12H2,1-2H3. The van der Waals surface area contributed by atoms with E-state index in [1.54, 1.807) is 23.8 Å². The molecule has 148 valence electrons. The van der Waals surface area contributed by atoms with Crippen LogP contribution in [0, 0.1) is 16.0 Å². The van der Waals surface area contributed by atoms with Gasteiger partial charge in [0.2, 0.25) is 11.6 Å². The molecule has 1 saturated heterocycles. The summed E-state index contributed by atoms with van der Waals surface area (Å²) in [5.41, 5.74) is 0.608. The van der Waals surface area contributed by atoms with Gasteiger partial charge in [0.15, 0.2) is 0 Å². The molecule has 0 N–H and O–H groups in total. The number of benzene rings is 1. The third kappa shape index (κ3) is 4.03. The van der Waals surface area contributed by atoms with Gasteiger partial charge in [-0.2, -0.15) is 0 Å². The number of hydrogen-bond donors (Lipinski definition) is 0. The van der Waals surface area contributed by atoms with Gasteiger partial charge in [0, 0.05) is 25.8 Å². The van der Waals surface area contributed by atoms with Gasteiger partial charge in [0.05, 0.1) is 17.4 Å². The van der Waals surface area contributed by atoms with Crippen LogP contribution in [-0.2, 0) is 9.53 Å². The van der Waals surface area contributed by atoms with E-state index in [1.165, 1.54) is 6.33 Å². The zero-order valence-electron chi connectivity index (χ0n) is 15.9. The fraction of sp³-hybridized carbons (Fsp3) is 0.421. The summed E-state index contributed by atoms with van der Waals surface area (Å²) in [5.74, 6) is -0.157. The highest BCUT2D eigenvalue weighted by molar-refractivity contribution is 5.77. The first-order valence-electron chi connectivity index (χ1n) is 9.22. The van der Waals surface area contributed by atoms with Crippen LogP contribution in [0.25, 0.3) is 0 Å². The van der Waals surface area contributed by atoms with E-state index in [4.69, 9.17) is 4.74 Å². The highest BCUT2D eigenvalue weighted by Gasteiger charge is 2.34. The number of rotatable bonds is 6. The van der Waals surface area contributed by atoms with Crippen molar-refractivity contribution >= 4 is 29.0 Å². The summed E-state index contributed by atoms with van der Waals surface area (Å²) in [4.78, 5) is 35.4. The van der Waals surface area contributed by atoms with Gasteiger partial charge in [-0.05, 0) is 31.9 Å². The van der Waals surface area contributed by atoms with Crippen LogP contribution in [0.2, 0.25) is 0 Å². The minimum absolute atomic E-state index is 0.168. The quantitative estimate of drug-likeness (QED) is 0.425. The van der Waals surface area contributed by atoms with Crippen LogP contribution < -0.4 is 9.80 Å². The summed E-state index contributed by atoms with van der Waals surface area (Å²) >= 11 is 0. The summed E-state index contributed by atoms with van der Waals surface area (Å²) in [6.45, 7) is 3.00. The maximum Gasteiger partial charge on any atom is 0.353 e. The Balaban J connectivity index is 1.95. The van der Waals surface area contributed by atoms with E-state index in [-0.39, 0.29) is 29.2 Å². The number of hydrogen-bond acceptors (Lipinski definition) is 8. The topological polar surface area (TPSA) is 102 Å². The van der Waals surface area contributed by atoms with Crippen LogP contribution in [0.1, 0.15) is 19.8 Å². The largest absolute Gasteiger partial charge is 0.466 e. The molecule has 0 aliphatic carbocycles. The number of anilines is 3. The summed E-state index contributed by atoms with van der Waals surface area (Å²) in [7, 11) is 1.73. The summed E-state index contributed by atoms with van der Waals surface area (Å²) in [5, 5.41) is 11.9. The van der Waals surface area contributed by atoms with Crippen molar-refractivity contribution in [2.45, 2.75) is 19.8 Å². The predicted molar refractivity (Wildman–Crippen MR) is 105 cm³/mol. The van der Waals surface area contributed by atoms with E-state index in [2.05, 4.69) is 9.97 Å². The molecule has 1 aromatic carbocycles. The molecule has 2 heterocycles. The van der Waals surface area contributed by atoms with Crippen molar-refractivity contribution in [1.82, 2.24) is 9.97 Å². The van der Waals surface area contributed by atoms with Crippen LogP contribution in [0.3, 0.4) is 0 Å². The fourth-order valence-corrected chi connectivity index (χ4v) is 3.40. The molecule has 1 aliphatic rings. The van der Waals surface area contributed by atoms with Gasteiger partial charge in [-0.25, -0.2) is 9.97 Å². The second-order valence-electron chi connectivity index (χ2n) is 6.56. The molecule has 9 nitrogen and oxygen atoms in total. The smallest absolute Gasteiger partial charge is 0.353 e. The van der Waals surface area contributed by atoms with E-state index in [1.807, 2.05) is 30.3 Å². The molecular weight excluding hydrogens is 362 g/mol. The van der Waals surface area contributed by atoms with E-state index in [0.29, 0.717) is 26.1 Å². The summed E-state index contributed by atoms with van der Waals surface area (Å²) in [6, 6.07) is 9.29. The normalized spacial score (nSPS) is 16.5. The second-order valence-corrected chi connectivity index (χ2v) is 6.56. The Bertz CT molecular complexity index is 845. The molecule has 1 atom stereocenters. The highest BCUT2D eigenvalue weighted by Crippen LogP contribution is 2.38. The Labute approximate surface area is 163 Å². The van der Waals surface area contributed by atoms with Crippen molar-refractivity contribution in [3.05, 3.63) is 46.8 Å². The van der Waals surface area contributed by atoms with Gasteiger partial charge in [0.25, 0.3) is 0 Å². The van der Waals surface area contributed by atoms with Gasteiger partial charge < -0.3 is 14.5 Å². The Morgan fingerprint density at radius 1 is 1.36 bits per heavy atom. The van der Waals surface area contributed by atoms with E-state index in [9.17, 15) is 14.9 Å². The second kappa shape index (κ2) is 8.64. The Morgan fingerprint density at radius 2 is 2.11 bits per heavy atom. The lowest BCUT2D eigenvalue weighted by Crippen LogP contribution is -2.40. The highest BCUT2D eigenvalue weighted by atomic mass is 16.6. The van der Waals surface area contributed by atoms with E-state index >= 15 is 0 Å². The summed E-state index contributed by atoms with van der Waals surface area (Å²) < 4.78 is 5.12. The van der Waals surface area contributed by atoms with Crippen molar-refractivity contribution in [1.29, 1.82) is 0 Å². The zero-order chi connectivity index (χ0) is 20.1. The van der Waals surface area contributed by atoms with Gasteiger partial charge in [-0.15, -0.1) is 0 Å². The van der Waals surface area contributed by atoms with Gasteiger partial charge >= 0.3 is 11.7 Å². The Hall–Kier alpha value is -3.23. The first kappa shape index (κ1) is 19.5. The molecule has 0 radical (unpaired) electrons. The minimum atomic E-state index is -0.460. The monoisotopic (exact) mass is 385 g/mol. The minimum Gasteiger partial charge on any atom is -0.466 e. The van der Waals surface area contributed by atoms with Crippen LogP contribution in [-0.4, -0.2) is 47.6 Å². The molecule has 2 aromatic rings. The molecule has 0 amide bonds. The van der Waals surface area contributed by atoms with Crippen molar-refractivity contribution in [2.75, 3.05) is 36.5 Å². The van der Waals surface area contributed by atoms with Gasteiger partial charge in [-0.3, -0.25) is 14.9 Å². The van der Waals surface area contributed by atoms with E-state index < -0.39 is 4.92 Å². The first-order chi connectivity index (χ1) is 13.5. The number of esters is 1. The zero-order valence-corrected chi connectivity index (χ0v) is 15.9. The van der Waals surface area contributed by atoms with Crippen molar-refractivity contribution < 1.29 is 14.5 Å². The predicted octanol–water partition coefficient (Wildman–Crippen LogP) is 2.93. The third-order valence-electron chi connectivity index (χ3n) is 4.77.